The van der Waals surface area contributed by atoms with Crippen LogP contribution in [0.2, 0.25) is 0 Å². The van der Waals surface area contributed by atoms with E-state index < -0.39 is 0 Å². The number of aryl methyl sites for hydroxylation is 1. The first-order chi connectivity index (χ1) is 7.24. The topological polar surface area (TPSA) is 12.0 Å². The van der Waals surface area contributed by atoms with E-state index in [0.717, 1.165) is 5.56 Å². The predicted molar refractivity (Wildman–Crippen MR) is 58.4 cm³/mol. The van der Waals surface area contributed by atoms with Crippen LogP contribution < -0.4 is 5.32 Å². The summed E-state index contributed by atoms with van der Waals surface area (Å²) in [4.78, 5) is 0. The van der Waals surface area contributed by atoms with Gasteiger partial charge in [-0.1, -0.05) is 12.1 Å². The molecular weight excluding hydrogens is 189 g/mol. The van der Waals surface area contributed by atoms with Gasteiger partial charge >= 0.3 is 0 Å². The maximum Gasteiger partial charge on any atom is 0.126 e. The van der Waals surface area contributed by atoms with E-state index in [2.05, 4.69) is 11.4 Å². The van der Waals surface area contributed by atoms with Gasteiger partial charge in [-0.25, -0.2) is 4.39 Å². The van der Waals surface area contributed by atoms with Crippen molar-refractivity contribution in [2.45, 2.75) is 44.2 Å². The highest BCUT2D eigenvalue weighted by Gasteiger charge is 2.39. The van der Waals surface area contributed by atoms with Crippen LogP contribution in [0.3, 0.4) is 0 Å². The number of hydrogen-bond acceptors (Lipinski definition) is 1. The first-order valence-electron chi connectivity index (χ1n) is 5.76. The second-order valence-electron chi connectivity index (χ2n) is 4.90. The summed E-state index contributed by atoms with van der Waals surface area (Å²) in [5, 5.41) is 3.59. The minimum Gasteiger partial charge on any atom is -0.311 e. The summed E-state index contributed by atoms with van der Waals surface area (Å²) >= 11 is 0. The molecule has 2 bridgehead atoms. The van der Waals surface area contributed by atoms with E-state index in [0.29, 0.717) is 18.0 Å². The molecule has 0 radical (unpaired) electrons. The lowest BCUT2D eigenvalue weighted by Gasteiger charge is -2.20. The Morgan fingerprint density at radius 3 is 2.80 bits per heavy atom. The molecule has 3 rings (SSSR count). The SMILES string of the molecule is Cc1ccc(C2CC3CCC2N3)cc1F. The second kappa shape index (κ2) is 3.31. The smallest absolute Gasteiger partial charge is 0.126 e. The summed E-state index contributed by atoms with van der Waals surface area (Å²) < 4.78 is 13.5. The fourth-order valence-corrected chi connectivity index (χ4v) is 3.03. The third-order valence-electron chi connectivity index (χ3n) is 3.92. The molecule has 1 nitrogen and oxygen atoms in total. The van der Waals surface area contributed by atoms with Crippen LogP contribution >= 0.6 is 0 Å². The standard InChI is InChI=1S/C13H16FN/c1-8-2-3-9(6-12(8)14)11-7-10-4-5-13(11)15-10/h2-3,6,10-11,13,15H,4-5,7H2,1H3. The highest BCUT2D eigenvalue weighted by Crippen LogP contribution is 2.40. The quantitative estimate of drug-likeness (QED) is 0.743. The molecule has 0 saturated carbocycles. The molecule has 2 aliphatic rings. The lowest BCUT2D eigenvalue weighted by Crippen LogP contribution is -2.21. The molecule has 1 N–H and O–H groups in total. The largest absolute Gasteiger partial charge is 0.311 e. The summed E-state index contributed by atoms with van der Waals surface area (Å²) in [6, 6.07) is 6.99. The predicted octanol–water partition coefficient (Wildman–Crippen LogP) is 2.74. The summed E-state index contributed by atoms with van der Waals surface area (Å²) in [6.07, 6.45) is 3.74. The lowest BCUT2D eigenvalue weighted by molar-refractivity contribution is 0.503. The highest BCUT2D eigenvalue weighted by molar-refractivity contribution is 5.29. The first kappa shape index (κ1) is 9.34. The molecule has 15 heavy (non-hydrogen) atoms. The number of fused-ring (bicyclic) bond motifs is 2. The molecule has 2 heteroatoms. The van der Waals surface area contributed by atoms with Gasteiger partial charge in [0, 0.05) is 18.0 Å². The fraction of sp³-hybridized carbons (Fsp3) is 0.538. The second-order valence-corrected chi connectivity index (χ2v) is 4.90. The Morgan fingerprint density at radius 1 is 1.33 bits per heavy atom. The van der Waals surface area contributed by atoms with Gasteiger partial charge in [-0.3, -0.25) is 0 Å². The van der Waals surface area contributed by atoms with Gasteiger partial charge in [0.25, 0.3) is 0 Å². The van der Waals surface area contributed by atoms with Gasteiger partial charge in [0.2, 0.25) is 0 Å². The molecule has 1 aromatic rings. The van der Waals surface area contributed by atoms with Crippen LogP contribution in [0.4, 0.5) is 4.39 Å². The lowest BCUT2D eigenvalue weighted by atomic mass is 9.84. The Hall–Kier alpha value is -0.890. The van der Waals surface area contributed by atoms with Crippen molar-refractivity contribution in [3.8, 4) is 0 Å². The number of hydrogen-bond donors (Lipinski definition) is 1. The average Bonchev–Trinajstić information content (AvgIpc) is 2.83. The van der Waals surface area contributed by atoms with E-state index in [1.807, 2.05) is 13.0 Å². The van der Waals surface area contributed by atoms with E-state index in [9.17, 15) is 4.39 Å². The van der Waals surface area contributed by atoms with Crippen molar-refractivity contribution in [3.63, 3.8) is 0 Å². The van der Waals surface area contributed by atoms with Crippen molar-refractivity contribution in [2.75, 3.05) is 0 Å². The van der Waals surface area contributed by atoms with E-state index in [1.54, 1.807) is 6.07 Å². The van der Waals surface area contributed by atoms with E-state index in [4.69, 9.17) is 0 Å². The Balaban J connectivity index is 1.90. The van der Waals surface area contributed by atoms with E-state index in [1.165, 1.54) is 24.8 Å². The Kier molecular flexibility index (Phi) is 2.06. The van der Waals surface area contributed by atoms with Crippen molar-refractivity contribution in [3.05, 3.63) is 35.1 Å². The molecule has 0 aliphatic carbocycles. The number of nitrogens with one attached hydrogen (secondary N) is 1. The fourth-order valence-electron chi connectivity index (χ4n) is 3.03. The van der Waals surface area contributed by atoms with Gasteiger partial charge in [0.15, 0.2) is 0 Å². The molecule has 2 aliphatic heterocycles. The van der Waals surface area contributed by atoms with Crippen LogP contribution in [0.1, 0.15) is 36.3 Å². The third kappa shape index (κ3) is 1.48. The summed E-state index contributed by atoms with van der Waals surface area (Å²) in [5.74, 6) is 0.481. The minimum atomic E-state index is -0.0599. The van der Waals surface area contributed by atoms with Crippen molar-refractivity contribution >= 4 is 0 Å². The van der Waals surface area contributed by atoms with Gasteiger partial charge in [0.05, 0.1) is 0 Å². The molecule has 0 amide bonds. The van der Waals surface area contributed by atoms with Gasteiger partial charge in [-0.05, 0) is 43.4 Å². The molecular formula is C13H16FN. The third-order valence-corrected chi connectivity index (χ3v) is 3.92. The van der Waals surface area contributed by atoms with Crippen LogP contribution in [-0.2, 0) is 0 Å². The Morgan fingerprint density at radius 2 is 2.20 bits per heavy atom. The maximum atomic E-state index is 13.5. The zero-order chi connectivity index (χ0) is 10.4. The molecule has 3 unspecified atom stereocenters. The normalized spacial score (nSPS) is 33.6. The van der Waals surface area contributed by atoms with Gasteiger partial charge < -0.3 is 5.32 Å². The van der Waals surface area contributed by atoms with Crippen LogP contribution in [-0.4, -0.2) is 12.1 Å². The Labute approximate surface area is 89.7 Å². The monoisotopic (exact) mass is 205 g/mol. The summed E-state index contributed by atoms with van der Waals surface area (Å²) in [5.41, 5.74) is 1.92. The minimum absolute atomic E-state index is 0.0599. The van der Waals surface area contributed by atoms with Gasteiger partial charge in [0.1, 0.15) is 5.82 Å². The van der Waals surface area contributed by atoms with E-state index in [-0.39, 0.29) is 5.82 Å². The highest BCUT2D eigenvalue weighted by atomic mass is 19.1. The van der Waals surface area contributed by atoms with Crippen molar-refractivity contribution < 1.29 is 4.39 Å². The number of rotatable bonds is 1. The Bertz CT molecular complexity index is 388. The van der Waals surface area contributed by atoms with Crippen molar-refractivity contribution in [1.29, 1.82) is 0 Å². The number of halogens is 1. The van der Waals surface area contributed by atoms with Crippen LogP contribution in [0.5, 0.6) is 0 Å². The molecule has 2 heterocycles. The average molecular weight is 205 g/mol. The molecule has 0 aromatic heterocycles. The molecule has 3 atom stereocenters. The zero-order valence-electron chi connectivity index (χ0n) is 8.96. The molecule has 2 fully saturated rings. The maximum absolute atomic E-state index is 13.5. The van der Waals surface area contributed by atoms with Gasteiger partial charge in [-0.15, -0.1) is 0 Å². The summed E-state index contributed by atoms with van der Waals surface area (Å²) in [7, 11) is 0. The van der Waals surface area contributed by atoms with Gasteiger partial charge in [-0.2, -0.15) is 0 Å². The van der Waals surface area contributed by atoms with E-state index >= 15 is 0 Å². The number of benzene rings is 1. The molecule has 80 valence electrons. The molecule has 2 saturated heterocycles. The van der Waals surface area contributed by atoms with Crippen LogP contribution in [0.25, 0.3) is 0 Å². The molecule has 0 spiro atoms. The van der Waals surface area contributed by atoms with Crippen molar-refractivity contribution in [1.82, 2.24) is 5.32 Å². The van der Waals surface area contributed by atoms with Crippen LogP contribution in [0.15, 0.2) is 18.2 Å². The van der Waals surface area contributed by atoms with Crippen molar-refractivity contribution in [2.24, 2.45) is 0 Å². The molecule has 1 aromatic carbocycles. The first-order valence-corrected chi connectivity index (χ1v) is 5.76. The summed E-state index contributed by atoms with van der Waals surface area (Å²) in [6.45, 7) is 1.82. The zero-order valence-corrected chi connectivity index (χ0v) is 8.96. The van der Waals surface area contributed by atoms with Crippen LogP contribution in [0, 0.1) is 12.7 Å².